The van der Waals surface area contributed by atoms with E-state index >= 15 is 0 Å². The second-order valence-corrected chi connectivity index (χ2v) is 16.8. The number of benzene rings is 1. The first-order valence-corrected chi connectivity index (χ1v) is 21.0. The summed E-state index contributed by atoms with van der Waals surface area (Å²) < 4.78 is 16.9. The van der Waals surface area contributed by atoms with Crippen molar-refractivity contribution in [3.8, 4) is 0 Å². The van der Waals surface area contributed by atoms with Crippen LogP contribution < -0.4 is 67.3 Å². The molecule has 1 aromatic rings. The summed E-state index contributed by atoms with van der Waals surface area (Å²) in [5, 5.41) is 8.90. The molecule has 0 aromatic heterocycles. The molecule has 0 aliphatic carbocycles. The van der Waals surface area contributed by atoms with Crippen LogP contribution in [0.3, 0.4) is 0 Å². The van der Waals surface area contributed by atoms with Crippen LogP contribution in [0.4, 0.5) is 0 Å². The van der Waals surface area contributed by atoms with Gasteiger partial charge in [0.05, 0.1) is 42.7 Å². The molecular weight excluding hydrogens is 792 g/mol. The van der Waals surface area contributed by atoms with Crippen LogP contribution in [0.2, 0.25) is 0 Å². The molecule has 1 aliphatic heterocycles. The molecule has 1 saturated heterocycles. The zero-order valence-corrected chi connectivity index (χ0v) is 42.5. The molecule has 1 heterocycles. The van der Waals surface area contributed by atoms with Gasteiger partial charge in [-0.1, -0.05) is 85.2 Å². The maximum absolute atomic E-state index is 14.3. The third-order valence-corrected chi connectivity index (χ3v) is 11.6. The normalized spacial score (nSPS) is 17.9. The van der Waals surface area contributed by atoms with Gasteiger partial charge in [-0.2, -0.15) is 0 Å². The van der Waals surface area contributed by atoms with Gasteiger partial charge in [-0.25, -0.2) is 7.11 Å². The Kier molecular flexibility index (Phi) is 28.5. The summed E-state index contributed by atoms with van der Waals surface area (Å²) in [5.41, 5.74) is 0.900. The molecule has 2 rings (SSSR count). The van der Waals surface area contributed by atoms with Crippen molar-refractivity contribution >= 4 is 29.5 Å². The number of hydrogen-bond donors (Lipinski definition) is 3. The molecule has 1 aliphatic rings. The maximum Gasteiger partial charge on any atom is 1.00 e. The third-order valence-electron chi connectivity index (χ3n) is 11.6. The van der Waals surface area contributed by atoms with Crippen molar-refractivity contribution in [2.45, 2.75) is 129 Å². The zero-order chi connectivity index (χ0) is 43.7. The smallest absolute Gasteiger partial charge is 0.555 e. The van der Waals surface area contributed by atoms with Gasteiger partial charge in [0.15, 0.2) is 0 Å². The number of carbonyl (C=O) groups excluding carboxylic acids is 5. The summed E-state index contributed by atoms with van der Waals surface area (Å²) in [6.45, 7) is 14.9. The Hall–Kier alpha value is -1.95. The van der Waals surface area contributed by atoms with Gasteiger partial charge in [-0.3, -0.25) is 28.9 Å². The minimum absolute atomic E-state index is 0. The van der Waals surface area contributed by atoms with E-state index in [1.54, 1.807) is 30.9 Å². The Balaban J connectivity index is 0.0000174. The first-order chi connectivity index (χ1) is 27.4. The molecule has 0 radical (unpaired) electrons. The summed E-state index contributed by atoms with van der Waals surface area (Å²) in [4.78, 5) is 74.6. The van der Waals surface area contributed by atoms with Gasteiger partial charge in [-0.15, -0.1) is 0 Å². The molecule has 9 atom stereocenters. The van der Waals surface area contributed by atoms with Gasteiger partial charge in [0.25, 0.3) is 0 Å². The molecule has 9 unspecified atom stereocenters. The molecule has 1 aromatic carbocycles. The van der Waals surface area contributed by atoms with Gasteiger partial charge in [0.2, 0.25) is 29.5 Å². The van der Waals surface area contributed by atoms with E-state index in [9.17, 15) is 24.0 Å². The van der Waals surface area contributed by atoms with Crippen molar-refractivity contribution in [2.24, 2.45) is 23.7 Å². The quantitative estimate of drug-likeness (QED) is 0.0745. The van der Waals surface area contributed by atoms with Crippen molar-refractivity contribution in [2.75, 3.05) is 55.1 Å². The van der Waals surface area contributed by atoms with Gasteiger partial charge in [0.1, 0.15) is 12.1 Å². The van der Waals surface area contributed by atoms with Gasteiger partial charge in [-0.05, 0) is 56.7 Å². The third kappa shape index (κ3) is 17.0. The molecule has 60 heavy (non-hydrogen) atoms. The van der Waals surface area contributed by atoms with E-state index in [-0.39, 0.29) is 113 Å². The zero-order valence-electron chi connectivity index (χ0n) is 39.4. The minimum atomic E-state index is -0.829. The van der Waals surface area contributed by atoms with Crippen LogP contribution in [0, 0.1) is 38.2 Å². The average Bonchev–Trinajstić information content (AvgIpc) is 3.67. The largest absolute Gasteiger partial charge is 1.00 e. The Labute approximate surface area is 405 Å². The van der Waals surface area contributed by atoms with E-state index < -0.39 is 48.3 Å². The summed E-state index contributed by atoms with van der Waals surface area (Å²) in [6.07, 6.45) is 1.67. The van der Waals surface area contributed by atoms with Crippen LogP contribution in [0.1, 0.15) is 86.1 Å². The Morgan fingerprint density at radius 2 is 1.53 bits per heavy atom. The number of likely N-dealkylation sites (N-methyl/N-ethyl adjacent to an activating group) is 2. The molecule has 5 amide bonds. The van der Waals surface area contributed by atoms with Crippen LogP contribution in [0.25, 0.3) is 0 Å². The Bertz CT molecular complexity index is 1430. The van der Waals surface area contributed by atoms with Crippen molar-refractivity contribution in [3.05, 3.63) is 50.4 Å². The fourth-order valence-electron chi connectivity index (χ4n) is 8.28. The number of rotatable bonds is 25. The number of nitrogens with one attached hydrogen (secondary N) is 3. The molecule has 3 N–H and O–H groups in total. The number of carbonyl (C=O) groups is 5. The van der Waals surface area contributed by atoms with E-state index in [1.807, 2.05) is 90.9 Å². The summed E-state index contributed by atoms with van der Waals surface area (Å²) >= 11 is 0. The van der Waals surface area contributed by atoms with Gasteiger partial charge >= 0.3 is 51.4 Å². The fraction of sp³-hybridized carbons (Fsp3) is 0.711. The molecule has 15 heteroatoms. The molecule has 1 fully saturated rings. The monoisotopic (exact) mass is 870 g/mol. The SMILES string of the molecule is [CH2-]OCCCNC(=O)C(Cc1ccccc1)NC(=O)C(C)C(OC)C1CCCN1C(=O)CC(OC)C(C(C)CC)N(C)C(=O)C(NC(=O)C(C(C)C)N(C)C)C(C)C.[CH3-].[K+]. The average molecular weight is 870 g/mol. The van der Waals surface area contributed by atoms with Crippen molar-refractivity contribution in [3.63, 3.8) is 0 Å². The number of amides is 5. The maximum atomic E-state index is 14.3. The van der Waals surface area contributed by atoms with Crippen LogP contribution in [0.5, 0.6) is 0 Å². The van der Waals surface area contributed by atoms with Crippen LogP contribution in [0.15, 0.2) is 30.3 Å². The van der Waals surface area contributed by atoms with Crippen molar-refractivity contribution in [1.82, 2.24) is 30.7 Å². The summed E-state index contributed by atoms with van der Waals surface area (Å²) in [5.74, 6) is -2.16. The van der Waals surface area contributed by atoms with E-state index in [0.717, 1.165) is 18.4 Å². The molecule has 338 valence electrons. The number of methoxy groups -OCH3 is 2. The number of hydrogen-bond acceptors (Lipinski definition) is 9. The second-order valence-electron chi connectivity index (χ2n) is 16.8. The topological polar surface area (TPSA) is 159 Å². The first kappa shape index (κ1) is 58.0. The Morgan fingerprint density at radius 3 is 2.05 bits per heavy atom. The van der Waals surface area contributed by atoms with Gasteiger partial charge in [0, 0.05) is 47.4 Å². The van der Waals surface area contributed by atoms with E-state index in [1.165, 1.54) is 7.11 Å². The van der Waals surface area contributed by atoms with E-state index in [0.29, 0.717) is 39.0 Å². The van der Waals surface area contributed by atoms with Crippen molar-refractivity contribution in [1.29, 1.82) is 0 Å². The number of nitrogens with zero attached hydrogens (tertiary/aromatic N) is 3. The van der Waals surface area contributed by atoms with Crippen LogP contribution >= 0.6 is 0 Å². The first-order valence-electron chi connectivity index (χ1n) is 21.0. The van der Waals surface area contributed by atoms with E-state index in [4.69, 9.17) is 14.2 Å². The predicted octanol–water partition coefficient (Wildman–Crippen LogP) is 1.13. The Morgan fingerprint density at radius 1 is 0.900 bits per heavy atom. The molecular formula is C45H78KN6O8-. The van der Waals surface area contributed by atoms with E-state index in [2.05, 4.69) is 23.1 Å². The molecule has 14 nitrogen and oxygen atoms in total. The molecule has 0 saturated carbocycles. The molecule has 0 bridgehead atoms. The molecule has 0 spiro atoms. The van der Waals surface area contributed by atoms with Crippen LogP contribution in [-0.2, 0) is 44.6 Å². The second kappa shape index (κ2) is 29.4. The fourth-order valence-corrected chi connectivity index (χ4v) is 8.28. The minimum Gasteiger partial charge on any atom is -0.555 e. The summed E-state index contributed by atoms with van der Waals surface area (Å²) in [6, 6.07) is 6.62. The van der Waals surface area contributed by atoms with Crippen LogP contribution in [-0.4, -0.2) is 142 Å². The predicted molar refractivity (Wildman–Crippen MR) is 233 cm³/mol. The standard InChI is InChI=1S/C44H75N6O8.CH3.K/c1-14-30(6)39(49(10)44(55)37(28(2)3)47-43(54)38(29(4)5)48(8)9)35(57-12)27-36(51)50-24-18-22-34(50)40(58-13)31(7)41(52)46-33(26-32-20-16-15-17-21-32)42(53)45-23-19-25-56-11;;/h15-17,20-21,28-31,33-35,37-40H,11,14,18-19,22-27H2,1-10,12-13H3,(H,45,53)(H,46,52)(H,47,54);1H3;/q2*-1;+1. The van der Waals surface area contributed by atoms with Gasteiger partial charge < -0.3 is 47.4 Å². The van der Waals surface area contributed by atoms with Crippen molar-refractivity contribution < 1.29 is 89.6 Å². The number of ether oxygens (including phenoxy) is 3. The number of likely N-dealkylation sites (tertiary alicyclic amines) is 1. The summed E-state index contributed by atoms with van der Waals surface area (Å²) in [7, 11) is 11.9.